The number of benzene rings is 1. The van der Waals surface area contributed by atoms with Crippen LogP contribution in [-0.2, 0) is 9.57 Å². The zero-order valence-corrected chi connectivity index (χ0v) is 11.4. The number of carbonyl (C=O) groups is 1. The molecule has 1 N–H and O–H groups in total. The zero-order valence-electron chi connectivity index (χ0n) is 10.5. The van der Waals surface area contributed by atoms with E-state index >= 15 is 0 Å². The van der Waals surface area contributed by atoms with Crippen molar-refractivity contribution in [2.24, 2.45) is 0 Å². The Morgan fingerprint density at radius 1 is 1.47 bits per heavy atom. The summed E-state index contributed by atoms with van der Waals surface area (Å²) in [5.41, 5.74) is 2.26. The van der Waals surface area contributed by atoms with Crippen molar-refractivity contribution in [2.75, 3.05) is 26.6 Å². The normalized spacial score (nSPS) is 10.2. The zero-order chi connectivity index (χ0) is 14.3. The predicted octanol–water partition coefficient (Wildman–Crippen LogP) is 1.62. The number of nitrogens with zero attached hydrogens (tertiary/aromatic N) is 1. The lowest BCUT2D eigenvalue weighted by atomic mass is 10.2. The Bertz CT molecular complexity index is 466. The lowest BCUT2D eigenvalue weighted by Gasteiger charge is -2.06. The van der Waals surface area contributed by atoms with Crippen LogP contribution in [0.1, 0.15) is 10.4 Å². The van der Waals surface area contributed by atoms with Crippen molar-refractivity contribution in [1.82, 2.24) is 5.48 Å². The third kappa shape index (κ3) is 4.51. The Kier molecular flexibility index (Phi) is 6.26. The summed E-state index contributed by atoms with van der Waals surface area (Å²) < 4.78 is 4.74. The van der Waals surface area contributed by atoms with Crippen molar-refractivity contribution in [3.63, 3.8) is 0 Å². The highest BCUT2D eigenvalue weighted by molar-refractivity contribution is 7.98. The third-order valence-electron chi connectivity index (χ3n) is 2.19. The summed E-state index contributed by atoms with van der Waals surface area (Å²) in [6.07, 6.45) is 1.73. The van der Waals surface area contributed by atoms with Crippen LogP contribution in [0.25, 0.3) is 0 Å². The first-order chi connectivity index (χ1) is 9.10. The number of ether oxygens (including phenoxy) is 1. The highest BCUT2D eigenvalue weighted by atomic mass is 32.2. The van der Waals surface area contributed by atoms with Crippen molar-refractivity contribution in [3.05, 3.63) is 33.9 Å². The molecule has 0 fully saturated rings. The van der Waals surface area contributed by atoms with Crippen molar-refractivity contribution < 1.29 is 19.3 Å². The van der Waals surface area contributed by atoms with E-state index in [1.54, 1.807) is 6.26 Å². The molecule has 1 rings (SSSR count). The molecular weight excluding hydrogens is 272 g/mol. The second-order valence-corrected chi connectivity index (χ2v) is 4.26. The van der Waals surface area contributed by atoms with E-state index in [2.05, 4.69) is 5.48 Å². The fourth-order valence-corrected chi connectivity index (χ4v) is 1.82. The summed E-state index contributed by atoms with van der Waals surface area (Å²) in [6, 6.07) is 4.27. The monoisotopic (exact) mass is 286 g/mol. The van der Waals surface area contributed by atoms with Crippen molar-refractivity contribution >= 4 is 23.4 Å². The van der Waals surface area contributed by atoms with E-state index < -0.39 is 10.8 Å². The smallest absolute Gasteiger partial charge is 0.283 e. The van der Waals surface area contributed by atoms with Gasteiger partial charge in [0.1, 0.15) is 0 Å². The van der Waals surface area contributed by atoms with E-state index in [1.165, 1.54) is 37.1 Å². The van der Waals surface area contributed by atoms with Gasteiger partial charge < -0.3 is 4.74 Å². The van der Waals surface area contributed by atoms with E-state index in [-0.39, 0.29) is 17.9 Å². The third-order valence-corrected chi connectivity index (χ3v) is 2.98. The van der Waals surface area contributed by atoms with Gasteiger partial charge in [0.2, 0.25) is 0 Å². The summed E-state index contributed by atoms with van der Waals surface area (Å²) in [7, 11) is 1.51. The van der Waals surface area contributed by atoms with Gasteiger partial charge in [-0.3, -0.25) is 19.7 Å². The molecule has 0 aliphatic rings. The van der Waals surface area contributed by atoms with Crippen LogP contribution in [-0.4, -0.2) is 37.4 Å². The Balaban J connectivity index is 2.75. The average Bonchev–Trinajstić information content (AvgIpc) is 2.42. The fraction of sp³-hybridized carbons (Fsp3) is 0.364. The van der Waals surface area contributed by atoms with Gasteiger partial charge in [0.25, 0.3) is 11.6 Å². The van der Waals surface area contributed by atoms with E-state index in [9.17, 15) is 14.9 Å². The highest BCUT2D eigenvalue weighted by Gasteiger charge is 2.16. The van der Waals surface area contributed by atoms with Crippen LogP contribution in [0, 0.1) is 10.1 Å². The van der Waals surface area contributed by atoms with Crippen LogP contribution < -0.4 is 5.48 Å². The number of nitrogens with one attached hydrogen (secondary N) is 1. The Morgan fingerprint density at radius 3 is 2.79 bits per heavy atom. The molecule has 1 aromatic rings. The molecule has 0 aliphatic carbocycles. The summed E-state index contributed by atoms with van der Waals surface area (Å²) in [5.74, 6) is -0.535. The molecule has 8 heteroatoms. The van der Waals surface area contributed by atoms with Gasteiger partial charge in [0.15, 0.2) is 0 Å². The predicted molar refractivity (Wildman–Crippen MR) is 70.2 cm³/mol. The standard InChI is InChI=1S/C11H14N2O5S/c1-17-5-6-18-12-11(14)8-3-4-10(19-2)9(7-8)13(15)16/h3-4,7H,5-6H2,1-2H3,(H,12,14). The molecule has 0 saturated carbocycles. The van der Waals surface area contributed by atoms with E-state index in [1.807, 2.05) is 0 Å². The van der Waals surface area contributed by atoms with Crippen LogP contribution in [0.15, 0.2) is 23.1 Å². The summed E-state index contributed by atoms with van der Waals surface area (Å²) >= 11 is 1.25. The molecule has 0 atom stereocenters. The topological polar surface area (TPSA) is 90.7 Å². The minimum atomic E-state index is -0.535. The van der Waals surface area contributed by atoms with E-state index in [0.29, 0.717) is 11.5 Å². The molecule has 0 unspecified atom stereocenters. The minimum Gasteiger partial charge on any atom is -0.382 e. The van der Waals surface area contributed by atoms with Gasteiger partial charge in [-0.25, -0.2) is 5.48 Å². The highest BCUT2D eigenvalue weighted by Crippen LogP contribution is 2.28. The number of nitro groups is 1. The maximum Gasteiger partial charge on any atom is 0.283 e. The van der Waals surface area contributed by atoms with Gasteiger partial charge in [0, 0.05) is 18.7 Å². The van der Waals surface area contributed by atoms with Crippen LogP contribution in [0.5, 0.6) is 0 Å². The average molecular weight is 286 g/mol. The second kappa shape index (κ2) is 7.72. The second-order valence-electron chi connectivity index (χ2n) is 3.42. The number of nitro benzene ring substituents is 1. The minimum absolute atomic E-state index is 0.1000. The summed E-state index contributed by atoms with van der Waals surface area (Å²) in [4.78, 5) is 27.4. The molecule has 7 nitrogen and oxygen atoms in total. The van der Waals surface area contributed by atoms with Crippen LogP contribution in [0.3, 0.4) is 0 Å². The van der Waals surface area contributed by atoms with Crippen LogP contribution >= 0.6 is 11.8 Å². The van der Waals surface area contributed by atoms with Gasteiger partial charge in [0.05, 0.1) is 23.0 Å². The maximum atomic E-state index is 11.7. The molecule has 19 heavy (non-hydrogen) atoms. The van der Waals surface area contributed by atoms with Crippen LogP contribution in [0.2, 0.25) is 0 Å². The molecule has 0 saturated heterocycles. The molecular formula is C11H14N2O5S. The molecule has 0 bridgehead atoms. The molecule has 0 heterocycles. The van der Waals surface area contributed by atoms with Gasteiger partial charge >= 0.3 is 0 Å². The van der Waals surface area contributed by atoms with Gasteiger partial charge in [-0.05, 0) is 18.4 Å². The number of amides is 1. The van der Waals surface area contributed by atoms with Crippen molar-refractivity contribution in [2.45, 2.75) is 4.90 Å². The lowest BCUT2D eigenvalue weighted by molar-refractivity contribution is -0.387. The molecule has 104 valence electrons. The lowest BCUT2D eigenvalue weighted by Crippen LogP contribution is -2.25. The van der Waals surface area contributed by atoms with Crippen LogP contribution in [0.4, 0.5) is 5.69 Å². The molecule has 0 aliphatic heterocycles. The number of carbonyl (C=O) groups excluding carboxylic acids is 1. The number of hydrogen-bond acceptors (Lipinski definition) is 6. The largest absolute Gasteiger partial charge is 0.382 e. The number of rotatable bonds is 7. The Morgan fingerprint density at radius 2 is 2.21 bits per heavy atom. The van der Waals surface area contributed by atoms with Crippen molar-refractivity contribution in [1.29, 1.82) is 0 Å². The number of hydroxylamine groups is 1. The summed E-state index contributed by atoms with van der Waals surface area (Å²) in [6.45, 7) is 0.541. The van der Waals surface area contributed by atoms with Crippen molar-refractivity contribution in [3.8, 4) is 0 Å². The number of thioether (sulfide) groups is 1. The van der Waals surface area contributed by atoms with Gasteiger partial charge in [-0.1, -0.05) is 0 Å². The SMILES string of the molecule is COCCONC(=O)c1ccc(SC)c([N+](=O)[O-])c1. The van der Waals surface area contributed by atoms with Gasteiger partial charge in [-0.2, -0.15) is 0 Å². The first-order valence-electron chi connectivity index (χ1n) is 5.33. The Hall–Kier alpha value is -1.64. The first kappa shape index (κ1) is 15.4. The number of methoxy groups -OCH3 is 1. The molecule has 0 spiro atoms. The molecule has 0 radical (unpaired) electrons. The Labute approximate surface area is 114 Å². The number of hydrogen-bond donors (Lipinski definition) is 1. The van der Waals surface area contributed by atoms with Gasteiger partial charge in [-0.15, -0.1) is 11.8 Å². The first-order valence-corrected chi connectivity index (χ1v) is 6.56. The molecule has 1 amide bonds. The van der Waals surface area contributed by atoms with E-state index in [4.69, 9.17) is 9.57 Å². The fourth-order valence-electron chi connectivity index (χ4n) is 1.27. The summed E-state index contributed by atoms with van der Waals surface area (Å²) in [5, 5.41) is 10.9. The molecule has 1 aromatic carbocycles. The van der Waals surface area contributed by atoms with E-state index in [0.717, 1.165) is 0 Å². The maximum absolute atomic E-state index is 11.7. The molecule has 0 aromatic heterocycles. The quantitative estimate of drug-likeness (QED) is 0.354.